The van der Waals surface area contributed by atoms with Gasteiger partial charge in [-0.25, -0.2) is 0 Å². The zero-order valence-corrected chi connectivity index (χ0v) is 13.1. The van der Waals surface area contributed by atoms with E-state index in [0.717, 1.165) is 22.3 Å². The molecule has 2 nitrogen and oxygen atoms in total. The van der Waals surface area contributed by atoms with Crippen LogP contribution in [-0.4, -0.2) is 17.4 Å². The second-order valence-corrected chi connectivity index (χ2v) is 6.17. The molecular formula is C20H23NO. The van der Waals surface area contributed by atoms with Gasteiger partial charge in [0, 0.05) is 17.8 Å². The van der Waals surface area contributed by atoms with Crippen molar-refractivity contribution in [2.45, 2.75) is 45.1 Å². The van der Waals surface area contributed by atoms with Gasteiger partial charge in [0.15, 0.2) is 0 Å². The lowest BCUT2D eigenvalue weighted by Gasteiger charge is -2.17. The number of hydrogen-bond donors (Lipinski definition) is 1. The average molecular weight is 293 g/mol. The zero-order chi connectivity index (χ0) is 15.4. The van der Waals surface area contributed by atoms with Gasteiger partial charge in [0.05, 0.1) is 0 Å². The van der Waals surface area contributed by atoms with E-state index >= 15 is 0 Å². The molecule has 22 heavy (non-hydrogen) atoms. The van der Waals surface area contributed by atoms with Crippen molar-refractivity contribution in [1.29, 1.82) is 0 Å². The Morgan fingerprint density at radius 2 is 1.73 bits per heavy atom. The molecule has 114 valence electrons. The molecule has 0 aliphatic heterocycles. The fourth-order valence-electron chi connectivity index (χ4n) is 3.12. The van der Waals surface area contributed by atoms with Crippen molar-refractivity contribution >= 4 is 6.21 Å². The lowest BCUT2D eigenvalue weighted by molar-refractivity contribution is 0.444. The molecule has 0 aromatic heterocycles. The molecule has 0 unspecified atom stereocenters. The molecule has 0 spiro atoms. The predicted octanol–water partition coefficient (Wildman–Crippen LogP) is 5.12. The molecule has 2 aromatic rings. The number of phenols is 1. The van der Waals surface area contributed by atoms with Crippen LogP contribution in [0.1, 0.15) is 43.2 Å². The number of hydrogen-bond acceptors (Lipinski definition) is 2. The van der Waals surface area contributed by atoms with E-state index < -0.39 is 0 Å². The van der Waals surface area contributed by atoms with Crippen LogP contribution in [0.5, 0.6) is 5.75 Å². The molecule has 3 rings (SSSR count). The normalized spacial score (nSPS) is 16.2. The Labute approximate surface area is 132 Å². The molecule has 2 heteroatoms. The molecular weight excluding hydrogens is 270 g/mol. The van der Waals surface area contributed by atoms with Gasteiger partial charge in [0.1, 0.15) is 5.75 Å². The average Bonchev–Trinajstić information content (AvgIpc) is 2.58. The minimum atomic E-state index is 0.347. The number of nitrogens with zero attached hydrogens (tertiary/aromatic N) is 1. The van der Waals surface area contributed by atoms with Gasteiger partial charge in [-0.3, -0.25) is 4.99 Å². The molecule has 1 aliphatic rings. The molecule has 0 bridgehead atoms. The van der Waals surface area contributed by atoms with Gasteiger partial charge in [0.2, 0.25) is 0 Å². The van der Waals surface area contributed by atoms with Crippen LogP contribution < -0.4 is 0 Å². The van der Waals surface area contributed by atoms with E-state index in [1.807, 2.05) is 43.5 Å². The SMILES string of the molecule is Cc1cc(-c2ccccc2)cc(C=NC2CCCCC2)c1O. The number of aryl methyl sites for hydroxylation is 1. The van der Waals surface area contributed by atoms with Gasteiger partial charge < -0.3 is 5.11 Å². The Morgan fingerprint density at radius 1 is 1.00 bits per heavy atom. The molecule has 1 fully saturated rings. The van der Waals surface area contributed by atoms with Gasteiger partial charge in [-0.05, 0) is 48.6 Å². The van der Waals surface area contributed by atoms with E-state index in [1.165, 1.54) is 32.1 Å². The van der Waals surface area contributed by atoms with Crippen molar-refractivity contribution in [3.05, 3.63) is 53.6 Å². The van der Waals surface area contributed by atoms with Crippen LogP contribution in [0.2, 0.25) is 0 Å². The first-order chi connectivity index (χ1) is 10.7. The summed E-state index contributed by atoms with van der Waals surface area (Å²) in [6.07, 6.45) is 8.10. The summed E-state index contributed by atoms with van der Waals surface area (Å²) < 4.78 is 0. The van der Waals surface area contributed by atoms with Crippen molar-refractivity contribution in [2.24, 2.45) is 4.99 Å². The lowest BCUT2D eigenvalue weighted by Crippen LogP contribution is -2.09. The van der Waals surface area contributed by atoms with Crippen molar-refractivity contribution in [3.8, 4) is 16.9 Å². The Bertz CT molecular complexity index is 655. The van der Waals surface area contributed by atoms with E-state index in [0.29, 0.717) is 11.8 Å². The van der Waals surface area contributed by atoms with Gasteiger partial charge in [0.25, 0.3) is 0 Å². The second-order valence-electron chi connectivity index (χ2n) is 6.17. The number of aromatic hydroxyl groups is 1. The first-order valence-corrected chi connectivity index (χ1v) is 8.16. The molecule has 0 amide bonds. The van der Waals surface area contributed by atoms with Gasteiger partial charge in [-0.2, -0.15) is 0 Å². The van der Waals surface area contributed by atoms with Crippen LogP contribution in [0.25, 0.3) is 11.1 Å². The molecule has 1 saturated carbocycles. The first-order valence-electron chi connectivity index (χ1n) is 8.16. The van der Waals surface area contributed by atoms with E-state index in [1.54, 1.807) is 0 Å². The summed E-state index contributed by atoms with van der Waals surface area (Å²) in [6.45, 7) is 1.94. The fourth-order valence-corrected chi connectivity index (χ4v) is 3.12. The number of aliphatic imine (C=N–C) groups is 1. The maximum atomic E-state index is 10.3. The van der Waals surface area contributed by atoms with Crippen molar-refractivity contribution in [3.63, 3.8) is 0 Å². The third kappa shape index (κ3) is 3.38. The van der Waals surface area contributed by atoms with Gasteiger partial charge in [-0.1, -0.05) is 49.6 Å². The Morgan fingerprint density at radius 3 is 2.45 bits per heavy atom. The predicted molar refractivity (Wildman–Crippen MR) is 92.7 cm³/mol. The fraction of sp³-hybridized carbons (Fsp3) is 0.350. The van der Waals surface area contributed by atoms with E-state index in [2.05, 4.69) is 12.1 Å². The summed E-state index contributed by atoms with van der Waals surface area (Å²) in [6, 6.07) is 14.8. The molecule has 2 aromatic carbocycles. The van der Waals surface area contributed by atoms with Crippen molar-refractivity contribution in [1.82, 2.24) is 0 Å². The standard InChI is InChI=1S/C20H23NO/c1-15-12-17(16-8-4-2-5-9-16)13-18(20(15)22)14-21-19-10-6-3-7-11-19/h2,4-5,8-9,12-14,19,22H,3,6-7,10-11H2,1H3. The summed E-state index contributed by atoms with van der Waals surface area (Å²) in [5, 5.41) is 10.3. The molecule has 0 saturated heterocycles. The minimum absolute atomic E-state index is 0.347. The monoisotopic (exact) mass is 293 g/mol. The summed E-state index contributed by atoms with van der Waals surface area (Å²) in [5.74, 6) is 0.347. The molecule has 1 N–H and O–H groups in total. The molecule has 0 atom stereocenters. The molecule has 1 aliphatic carbocycles. The molecule has 0 radical (unpaired) electrons. The van der Waals surface area contributed by atoms with Crippen LogP contribution in [-0.2, 0) is 0 Å². The summed E-state index contributed by atoms with van der Waals surface area (Å²) >= 11 is 0. The van der Waals surface area contributed by atoms with Crippen LogP contribution in [0.3, 0.4) is 0 Å². The second kappa shape index (κ2) is 6.78. The van der Waals surface area contributed by atoms with Crippen LogP contribution in [0.4, 0.5) is 0 Å². The highest BCUT2D eigenvalue weighted by molar-refractivity contribution is 5.87. The summed E-state index contributed by atoms with van der Waals surface area (Å²) in [7, 11) is 0. The van der Waals surface area contributed by atoms with Crippen molar-refractivity contribution in [2.75, 3.05) is 0 Å². The third-order valence-electron chi connectivity index (χ3n) is 4.44. The Balaban J connectivity index is 1.90. The highest BCUT2D eigenvalue weighted by atomic mass is 16.3. The first kappa shape index (κ1) is 14.8. The van der Waals surface area contributed by atoms with Crippen LogP contribution in [0, 0.1) is 6.92 Å². The van der Waals surface area contributed by atoms with Crippen molar-refractivity contribution < 1.29 is 5.11 Å². The highest BCUT2D eigenvalue weighted by Crippen LogP contribution is 2.29. The van der Waals surface area contributed by atoms with Gasteiger partial charge in [-0.15, -0.1) is 0 Å². The van der Waals surface area contributed by atoms with E-state index in [4.69, 9.17) is 4.99 Å². The maximum absolute atomic E-state index is 10.3. The number of rotatable bonds is 3. The number of phenolic OH excluding ortho intramolecular Hbond substituents is 1. The number of benzene rings is 2. The van der Waals surface area contributed by atoms with Crippen LogP contribution >= 0.6 is 0 Å². The summed E-state index contributed by atoms with van der Waals surface area (Å²) in [5.41, 5.74) is 4.01. The lowest BCUT2D eigenvalue weighted by atomic mass is 9.96. The smallest absolute Gasteiger partial charge is 0.127 e. The molecule has 0 heterocycles. The zero-order valence-electron chi connectivity index (χ0n) is 13.1. The van der Waals surface area contributed by atoms with E-state index in [9.17, 15) is 5.11 Å². The quantitative estimate of drug-likeness (QED) is 0.783. The third-order valence-corrected chi connectivity index (χ3v) is 4.44. The topological polar surface area (TPSA) is 32.6 Å². The highest BCUT2D eigenvalue weighted by Gasteiger charge is 2.12. The minimum Gasteiger partial charge on any atom is -0.507 e. The largest absolute Gasteiger partial charge is 0.507 e. The Hall–Kier alpha value is -2.09. The Kier molecular flexibility index (Phi) is 4.57. The van der Waals surface area contributed by atoms with Gasteiger partial charge >= 0.3 is 0 Å². The van der Waals surface area contributed by atoms with Crippen LogP contribution in [0.15, 0.2) is 47.5 Å². The maximum Gasteiger partial charge on any atom is 0.127 e. The van der Waals surface area contributed by atoms with E-state index in [-0.39, 0.29) is 0 Å². The summed E-state index contributed by atoms with van der Waals surface area (Å²) in [4.78, 5) is 4.71.